The summed E-state index contributed by atoms with van der Waals surface area (Å²) in [5.41, 5.74) is 3.28. The second-order valence-electron chi connectivity index (χ2n) is 4.33. The standard InChI is InChI=1S/C12H14N2O2/c1-14-7-13-10-2-3-11-9(12(10)14)4-8(5-15)6-16-11/h2-3,7-8,15H,4-6H2,1H3. The molecule has 2 heterocycles. The predicted octanol–water partition coefficient (Wildman–Crippen LogP) is 1.12. The first-order valence-corrected chi connectivity index (χ1v) is 5.46. The van der Waals surface area contributed by atoms with Crippen molar-refractivity contribution in [3.63, 3.8) is 0 Å². The van der Waals surface area contributed by atoms with Gasteiger partial charge in [0, 0.05) is 25.1 Å². The molecule has 0 spiro atoms. The van der Waals surface area contributed by atoms with Gasteiger partial charge in [-0.15, -0.1) is 0 Å². The number of imidazole rings is 1. The van der Waals surface area contributed by atoms with Crippen LogP contribution in [0.25, 0.3) is 11.0 Å². The van der Waals surface area contributed by atoms with Crippen molar-refractivity contribution in [3.8, 4) is 5.75 Å². The second kappa shape index (κ2) is 3.49. The molecule has 3 rings (SSSR count). The average molecular weight is 218 g/mol. The molecule has 1 aliphatic rings. The lowest BCUT2D eigenvalue weighted by Crippen LogP contribution is -2.24. The number of hydrogen-bond acceptors (Lipinski definition) is 3. The lowest BCUT2D eigenvalue weighted by Gasteiger charge is -2.24. The lowest BCUT2D eigenvalue weighted by molar-refractivity contribution is 0.147. The van der Waals surface area contributed by atoms with Crippen LogP contribution in [0.2, 0.25) is 0 Å². The van der Waals surface area contributed by atoms with Gasteiger partial charge >= 0.3 is 0 Å². The Bertz CT molecular complexity index is 533. The highest BCUT2D eigenvalue weighted by molar-refractivity contribution is 5.81. The molecule has 0 fully saturated rings. The minimum Gasteiger partial charge on any atom is -0.493 e. The maximum absolute atomic E-state index is 9.21. The summed E-state index contributed by atoms with van der Waals surface area (Å²) in [6.07, 6.45) is 2.68. The van der Waals surface area contributed by atoms with Gasteiger partial charge in [-0.3, -0.25) is 0 Å². The minimum absolute atomic E-state index is 0.174. The quantitative estimate of drug-likeness (QED) is 0.780. The summed E-state index contributed by atoms with van der Waals surface area (Å²) in [7, 11) is 1.98. The SMILES string of the molecule is Cn1cnc2ccc3c(c21)CC(CO)CO3. The molecule has 0 aliphatic carbocycles. The van der Waals surface area contributed by atoms with Crippen LogP contribution in [-0.2, 0) is 13.5 Å². The Hall–Kier alpha value is -1.55. The van der Waals surface area contributed by atoms with Gasteiger partial charge in [0.05, 0.1) is 24.0 Å². The molecule has 4 nitrogen and oxygen atoms in total. The molecule has 1 aromatic carbocycles. The van der Waals surface area contributed by atoms with E-state index in [9.17, 15) is 5.11 Å². The van der Waals surface area contributed by atoms with Crippen molar-refractivity contribution in [3.05, 3.63) is 24.0 Å². The highest BCUT2D eigenvalue weighted by Crippen LogP contribution is 2.32. The highest BCUT2D eigenvalue weighted by Gasteiger charge is 2.22. The zero-order valence-electron chi connectivity index (χ0n) is 9.18. The molecule has 1 N–H and O–H groups in total. The fraction of sp³-hybridized carbons (Fsp3) is 0.417. The molecule has 84 valence electrons. The zero-order chi connectivity index (χ0) is 11.1. The van der Waals surface area contributed by atoms with Crippen LogP contribution in [0.5, 0.6) is 5.75 Å². The summed E-state index contributed by atoms with van der Waals surface area (Å²) in [6, 6.07) is 3.95. The number of aliphatic hydroxyl groups excluding tert-OH is 1. The number of hydrogen-bond donors (Lipinski definition) is 1. The molecule has 16 heavy (non-hydrogen) atoms. The summed E-state index contributed by atoms with van der Waals surface area (Å²) in [6.45, 7) is 0.778. The minimum atomic E-state index is 0.174. The van der Waals surface area contributed by atoms with Crippen LogP contribution in [0.4, 0.5) is 0 Å². The molecule has 4 heteroatoms. The van der Waals surface area contributed by atoms with Crippen molar-refractivity contribution in [1.82, 2.24) is 9.55 Å². The first-order valence-electron chi connectivity index (χ1n) is 5.46. The van der Waals surface area contributed by atoms with Crippen LogP contribution in [0.3, 0.4) is 0 Å². The number of aliphatic hydroxyl groups is 1. The van der Waals surface area contributed by atoms with Gasteiger partial charge in [0.1, 0.15) is 5.75 Å². The van der Waals surface area contributed by atoms with Crippen molar-refractivity contribution in [2.75, 3.05) is 13.2 Å². The molecule has 0 saturated heterocycles. The Balaban J connectivity index is 2.20. The first kappa shape index (κ1) is 9.66. The van der Waals surface area contributed by atoms with E-state index in [2.05, 4.69) is 4.98 Å². The maximum Gasteiger partial charge on any atom is 0.124 e. The summed E-state index contributed by atoms with van der Waals surface area (Å²) in [4.78, 5) is 4.32. The first-order chi connectivity index (χ1) is 7.79. The van der Waals surface area contributed by atoms with Crippen molar-refractivity contribution >= 4 is 11.0 Å². The fourth-order valence-corrected chi connectivity index (χ4v) is 2.31. The van der Waals surface area contributed by atoms with Crippen LogP contribution >= 0.6 is 0 Å². The molecular weight excluding hydrogens is 204 g/mol. The van der Waals surface area contributed by atoms with Gasteiger partial charge in [-0.25, -0.2) is 4.98 Å². The zero-order valence-corrected chi connectivity index (χ0v) is 9.18. The lowest BCUT2D eigenvalue weighted by atomic mass is 9.96. The summed E-state index contributed by atoms with van der Waals surface area (Å²) >= 11 is 0. The Labute approximate surface area is 93.5 Å². The summed E-state index contributed by atoms with van der Waals surface area (Å²) in [5.74, 6) is 1.13. The van der Waals surface area contributed by atoms with E-state index in [4.69, 9.17) is 4.74 Å². The number of nitrogens with zero attached hydrogens (tertiary/aromatic N) is 2. The van der Waals surface area contributed by atoms with E-state index in [1.807, 2.05) is 30.1 Å². The van der Waals surface area contributed by atoms with Gasteiger partial charge in [-0.05, 0) is 18.6 Å². The number of aromatic nitrogens is 2. The normalized spacial score (nSPS) is 19.5. The number of aryl methyl sites for hydroxylation is 1. The van der Waals surface area contributed by atoms with Gasteiger partial charge in [-0.1, -0.05) is 0 Å². The van der Waals surface area contributed by atoms with E-state index in [0.717, 1.165) is 23.2 Å². The number of fused-ring (bicyclic) bond motifs is 3. The Morgan fingerprint density at radius 3 is 3.25 bits per heavy atom. The smallest absolute Gasteiger partial charge is 0.124 e. The van der Waals surface area contributed by atoms with Gasteiger partial charge in [0.15, 0.2) is 0 Å². The van der Waals surface area contributed by atoms with Gasteiger partial charge < -0.3 is 14.4 Å². The third-order valence-corrected chi connectivity index (χ3v) is 3.17. The fourth-order valence-electron chi connectivity index (χ4n) is 2.31. The molecule has 2 aromatic rings. The predicted molar refractivity (Wildman–Crippen MR) is 60.5 cm³/mol. The molecule has 0 bridgehead atoms. The molecular formula is C12H14N2O2. The molecule has 1 atom stereocenters. The molecule has 1 aliphatic heterocycles. The maximum atomic E-state index is 9.21. The van der Waals surface area contributed by atoms with Crippen molar-refractivity contribution in [2.45, 2.75) is 6.42 Å². The van der Waals surface area contributed by atoms with Gasteiger partial charge in [0.2, 0.25) is 0 Å². The third-order valence-electron chi connectivity index (χ3n) is 3.17. The van der Waals surface area contributed by atoms with E-state index >= 15 is 0 Å². The Kier molecular flexibility index (Phi) is 2.11. The number of rotatable bonds is 1. The van der Waals surface area contributed by atoms with E-state index in [1.54, 1.807) is 0 Å². The van der Waals surface area contributed by atoms with Gasteiger partial charge in [-0.2, -0.15) is 0 Å². The monoisotopic (exact) mass is 218 g/mol. The van der Waals surface area contributed by atoms with E-state index in [-0.39, 0.29) is 12.5 Å². The van der Waals surface area contributed by atoms with E-state index in [0.29, 0.717) is 6.61 Å². The largest absolute Gasteiger partial charge is 0.493 e. The topological polar surface area (TPSA) is 47.3 Å². The molecule has 1 unspecified atom stereocenters. The van der Waals surface area contributed by atoms with Crippen molar-refractivity contribution < 1.29 is 9.84 Å². The van der Waals surface area contributed by atoms with Crippen LogP contribution in [0.15, 0.2) is 18.5 Å². The van der Waals surface area contributed by atoms with Crippen LogP contribution in [-0.4, -0.2) is 27.9 Å². The Morgan fingerprint density at radius 2 is 2.44 bits per heavy atom. The van der Waals surface area contributed by atoms with Crippen molar-refractivity contribution in [1.29, 1.82) is 0 Å². The van der Waals surface area contributed by atoms with Crippen molar-refractivity contribution in [2.24, 2.45) is 13.0 Å². The van der Waals surface area contributed by atoms with E-state index < -0.39 is 0 Å². The Morgan fingerprint density at radius 1 is 1.56 bits per heavy atom. The molecule has 1 aromatic heterocycles. The van der Waals surface area contributed by atoms with E-state index in [1.165, 1.54) is 5.56 Å². The van der Waals surface area contributed by atoms with Crippen LogP contribution < -0.4 is 4.74 Å². The number of benzene rings is 1. The second-order valence-corrected chi connectivity index (χ2v) is 4.33. The number of ether oxygens (including phenoxy) is 1. The molecule has 0 radical (unpaired) electrons. The van der Waals surface area contributed by atoms with Crippen LogP contribution in [0, 0.1) is 5.92 Å². The molecule has 0 amide bonds. The third kappa shape index (κ3) is 1.30. The molecule has 0 saturated carbocycles. The summed E-state index contributed by atoms with van der Waals surface area (Å²) in [5, 5.41) is 9.21. The van der Waals surface area contributed by atoms with Crippen LogP contribution in [0.1, 0.15) is 5.56 Å². The average Bonchev–Trinajstić information content (AvgIpc) is 2.71. The van der Waals surface area contributed by atoms with Gasteiger partial charge in [0.25, 0.3) is 0 Å². The summed E-state index contributed by atoms with van der Waals surface area (Å²) < 4.78 is 7.67. The highest BCUT2D eigenvalue weighted by atomic mass is 16.5.